The van der Waals surface area contributed by atoms with Crippen LogP contribution in [0.25, 0.3) is 5.65 Å². The summed E-state index contributed by atoms with van der Waals surface area (Å²) in [5.41, 5.74) is 5.77. The van der Waals surface area contributed by atoms with Crippen LogP contribution in [0.2, 0.25) is 0 Å². The predicted molar refractivity (Wildman–Crippen MR) is 74.4 cm³/mol. The highest BCUT2D eigenvalue weighted by atomic mass is 16.1. The van der Waals surface area contributed by atoms with E-state index in [2.05, 4.69) is 20.5 Å². The summed E-state index contributed by atoms with van der Waals surface area (Å²) in [6.45, 7) is 3.41. The number of nitrogens with two attached hydrogens (primary N) is 1. The lowest BCUT2D eigenvalue weighted by molar-refractivity contribution is 0.660. The Morgan fingerprint density at radius 2 is 2.16 bits per heavy atom. The van der Waals surface area contributed by atoms with Gasteiger partial charge in [0.2, 0.25) is 0 Å². The van der Waals surface area contributed by atoms with Crippen molar-refractivity contribution < 1.29 is 0 Å². The van der Waals surface area contributed by atoms with E-state index in [9.17, 15) is 4.79 Å². The van der Waals surface area contributed by atoms with E-state index >= 15 is 0 Å². The summed E-state index contributed by atoms with van der Waals surface area (Å²) in [5.74, 6) is 1.38. The number of nitrogens with zero attached hydrogens (tertiary/aromatic N) is 3. The second kappa shape index (κ2) is 6.33. The number of unbranched alkanes of at least 4 members (excludes halogenated alkanes) is 3. The summed E-state index contributed by atoms with van der Waals surface area (Å²) in [6, 6.07) is 1.77. The summed E-state index contributed by atoms with van der Waals surface area (Å²) in [6.07, 6.45) is 4.49. The Hall–Kier alpha value is -1.89. The molecule has 0 saturated carbocycles. The van der Waals surface area contributed by atoms with Gasteiger partial charge in [-0.2, -0.15) is 5.10 Å². The topological polar surface area (TPSA) is 101 Å². The van der Waals surface area contributed by atoms with Crippen molar-refractivity contribution in [3.05, 3.63) is 22.4 Å². The number of rotatable bonds is 7. The van der Waals surface area contributed by atoms with Crippen molar-refractivity contribution in [2.45, 2.75) is 32.6 Å². The summed E-state index contributed by atoms with van der Waals surface area (Å²) >= 11 is 0. The maximum Gasteiger partial charge on any atom is 0.349 e. The lowest BCUT2D eigenvalue weighted by Crippen LogP contribution is -2.14. The number of hydrogen-bond acceptors (Lipinski definition) is 5. The summed E-state index contributed by atoms with van der Waals surface area (Å²) in [7, 11) is 0. The van der Waals surface area contributed by atoms with Crippen LogP contribution in [0, 0.1) is 6.92 Å². The van der Waals surface area contributed by atoms with Crippen LogP contribution in [0.1, 0.15) is 31.5 Å². The minimum Gasteiger partial charge on any atom is -0.370 e. The molecule has 0 aliphatic rings. The second-order valence-electron chi connectivity index (χ2n) is 4.54. The van der Waals surface area contributed by atoms with E-state index in [0.29, 0.717) is 11.5 Å². The molecule has 7 nitrogen and oxygen atoms in total. The Kier molecular flexibility index (Phi) is 4.51. The van der Waals surface area contributed by atoms with Crippen LogP contribution >= 0.6 is 0 Å². The van der Waals surface area contributed by atoms with E-state index in [-0.39, 0.29) is 5.69 Å². The van der Waals surface area contributed by atoms with Crippen LogP contribution in [-0.2, 0) is 0 Å². The molecule has 0 spiro atoms. The Morgan fingerprint density at radius 3 is 2.95 bits per heavy atom. The average Bonchev–Trinajstić information content (AvgIpc) is 2.76. The molecular weight excluding hydrogens is 244 g/mol. The van der Waals surface area contributed by atoms with E-state index in [1.54, 1.807) is 13.0 Å². The Labute approximate surface area is 111 Å². The number of hydrogen-bond donors (Lipinski definition) is 3. The fourth-order valence-electron chi connectivity index (χ4n) is 2.03. The normalized spacial score (nSPS) is 11.1. The molecule has 0 unspecified atom stereocenters. The van der Waals surface area contributed by atoms with Crippen molar-refractivity contribution in [2.24, 2.45) is 5.73 Å². The first-order chi connectivity index (χ1) is 9.22. The molecule has 19 heavy (non-hydrogen) atoms. The molecule has 2 aromatic heterocycles. The zero-order valence-corrected chi connectivity index (χ0v) is 11.1. The van der Waals surface area contributed by atoms with Gasteiger partial charge in [-0.15, -0.1) is 0 Å². The third-order valence-corrected chi connectivity index (χ3v) is 3.01. The van der Waals surface area contributed by atoms with Gasteiger partial charge in [0, 0.05) is 12.6 Å². The van der Waals surface area contributed by atoms with Gasteiger partial charge in [0.25, 0.3) is 0 Å². The second-order valence-corrected chi connectivity index (χ2v) is 4.54. The highest BCUT2D eigenvalue weighted by Gasteiger charge is 2.06. The largest absolute Gasteiger partial charge is 0.370 e. The molecule has 0 aliphatic carbocycles. The first kappa shape index (κ1) is 13.5. The number of fused-ring (bicyclic) bond motifs is 1. The van der Waals surface area contributed by atoms with E-state index in [1.807, 2.05) is 0 Å². The average molecular weight is 264 g/mol. The van der Waals surface area contributed by atoms with Gasteiger partial charge in [-0.05, 0) is 26.3 Å². The quantitative estimate of drug-likeness (QED) is 0.638. The van der Waals surface area contributed by atoms with Gasteiger partial charge >= 0.3 is 5.69 Å². The van der Waals surface area contributed by atoms with Gasteiger partial charge in [-0.1, -0.05) is 12.8 Å². The maximum absolute atomic E-state index is 11.4. The van der Waals surface area contributed by atoms with E-state index < -0.39 is 0 Å². The number of aromatic nitrogens is 4. The zero-order valence-electron chi connectivity index (χ0n) is 11.1. The van der Waals surface area contributed by atoms with Crippen molar-refractivity contribution in [2.75, 3.05) is 18.4 Å². The molecule has 2 heterocycles. The van der Waals surface area contributed by atoms with Crippen LogP contribution in [0.3, 0.4) is 0 Å². The molecule has 0 fully saturated rings. The first-order valence-electron chi connectivity index (χ1n) is 6.61. The van der Waals surface area contributed by atoms with Gasteiger partial charge in [-0.3, -0.25) is 0 Å². The lowest BCUT2D eigenvalue weighted by Gasteiger charge is -2.06. The summed E-state index contributed by atoms with van der Waals surface area (Å²) < 4.78 is 1.45. The number of anilines is 1. The standard InChI is InChI=1S/C12H20N6O/c1-9-15-10(14-7-5-3-2-4-6-13)8-11-16-17-12(19)18(9)11/h8,14H,2-7,13H2,1H3,(H,17,19). The van der Waals surface area contributed by atoms with E-state index in [1.165, 1.54) is 10.8 Å². The van der Waals surface area contributed by atoms with Crippen molar-refractivity contribution >= 4 is 11.5 Å². The highest BCUT2D eigenvalue weighted by molar-refractivity contribution is 5.49. The Balaban J connectivity index is 1.92. The van der Waals surface area contributed by atoms with E-state index in [4.69, 9.17) is 5.73 Å². The third kappa shape index (κ3) is 3.31. The zero-order chi connectivity index (χ0) is 13.7. The maximum atomic E-state index is 11.4. The molecule has 0 saturated heterocycles. The first-order valence-corrected chi connectivity index (χ1v) is 6.61. The molecule has 0 amide bonds. The van der Waals surface area contributed by atoms with Crippen LogP contribution in [0.5, 0.6) is 0 Å². The molecule has 4 N–H and O–H groups in total. The van der Waals surface area contributed by atoms with Crippen LogP contribution < -0.4 is 16.7 Å². The molecule has 104 valence electrons. The highest BCUT2D eigenvalue weighted by Crippen LogP contribution is 2.08. The van der Waals surface area contributed by atoms with Gasteiger partial charge in [0.15, 0.2) is 5.65 Å². The molecule has 0 aromatic carbocycles. The number of aromatic amines is 1. The Bertz CT molecular complexity index is 587. The molecule has 0 bridgehead atoms. The molecular formula is C12H20N6O. The minimum absolute atomic E-state index is 0.256. The number of nitrogens with one attached hydrogen (secondary N) is 2. The molecule has 0 atom stereocenters. The van der Waals surface area contributed by atoms with Gasteiger partial charge in [-0.25, -0.2) is 19.3 Å². The van der Waals surface area contributed by atoms with E-state index in [0.717, 1.165) is 38.2 Å². The fourth-order valence-corrected chi connectivity index (χ4v) is 2.03. The molecule has 7 heteroatoms. The monoisotopic (exact) mass is 264 g/mol. The minimum atomic E-state index is -0.256. The summed E-state index contributed by atoms with van der Waals surface area (Å²) in [5, 5.41) is 9.61. The molecule has 2 aromatic rings. The van der Waals surface area contributed by atoms with Gasteiger partial charge in [0.05, 0.1) is 0 Å². The number of H-pyrrole nitrogens is 1. The van der Waals surface area contributed by atoms with Gasteiger partial charge in [0.1, 0.15) is 11.6 Å². The summed E-state index contributed by atoms with van der Waals surface area (Å²) in [4.78, 5) is 15.8. The Morgan fingerprint density at radius 1 is 1.37 bits per heavy atom. The molecule has 0 radical (unpaired) electrons. The van der Waals surface area contributed by atoms with Crippen LogP contribution in [0.15, 0.2) is 10.9 Å². The molecule has 0 aliphatic heterocycles. The predicted octanol–water partition coefficient (Wildman–Crippen LogP) is 0.657. The van der Waals surface area contributed by atoms with Crippen molar-refractivity contribution in [1.82, 2.24) is 19.6 Å². The van der Waals surface area contributed by atoms with Crippen molar-refractivity contribution in [1.29, 1.82) is 0 Å². The smallest absolute Gasteiger partial charge is 0.349 e. The van der Waals surface area contributed by atoms with Crippen molar-refractivity contribution in [3.8, 4) is 0 Å². The fraction of sp³-hybridized carbons (Fsp3) is 0.583. The lowest BCUT2D eigenvalue weighted by atomic mass is 10.2. The molecule has 2 rings (SSSR count). The van der Waals surface area contributed by atoms with Crippen molar-refractivity contribution in [3.63, 3.8) is 0 Å². The third-order valence-electron chi connectivity index (χ3n) is 3.01. The number of aryl methyl sites for hydroxylation is 1. The SMILES string of the molecule is Cc1nc(NCCCCCCN)cc2n[nH]c(=O)n12. The van der Waals surface area contributed by atoms with Crippen LogP contribution in [0.4, 0.5) is 5.82 Å². The van der Waals surface area contributed by atoms with Crippen LogP contribution in [-0.4, -0.2) is 32.7 Å². The van der Waals surface area contributed by atoms with Gasteiger partial charge < -0.3 is 11.1 Å².